The molecule has 2 N–H and O–H groups in total. The van der Waals surface area contributed by atoms with Gasteiger partial charge in [0.2, 0.25) is 0 Å². The number of benzene rings is 1. The maximum absolute atomic E-state index is 9.91. The van der Waals surface area contributed by atoms with Gasteiger partial charge in [-0.15, -0.1) is 0 Å². The Morgan fingerprint density at radius 1 is 1.28 bits per heavy atom. The first-order chi connectivity index (χ1) is 11.8. The third-order valence-electron chi connectivity index (χ3n) is 7.08. The number of hydrogen-bond donors (Lipinski definition) is 2. The van der Waals surface area contributed by atoms with Crippen molar-refractivity contribution in [3.8, 4) is 5.75 Å². The molecule has 3 aliphatic rings. The molecule has 0 radical (unpaired) electrons. The molecule has 2 aliphatic carbocycles. The molecule has 2 fully saturated rings. The van der Waals surface area contributed by atoms with Crippen LogP contribution in [0, 0.1) is 11.3 Å². The van der Waals surface area contributed by atoms with Crippen molar-refractivity contribution in [1.29, 1.82) is 0 Å². The second-order valence-corrected chi connectivity index (χ2v) is 9.15. The average molecular weight is 345 g/mol. The summed E-state index contributed by atoms with van der Waals surface area (Å²) < 4.78 is 12.1. The zero-order valence-electron chi connectivity index (χ0n) is 16.1. The Hall–Kier alpha value is -1.10. The van der Waals surface area contributed by atoms with Gasteiger partial charge in [-0.1, -0.05) is 40.2 Å². The van der Waals surface area contributed by atoms with E-state index in [9.17, 15) is 5.21 Å². The lowest BCUT2D eigenvalue weighted by atomic mass is 9.49. The van der Waals surface area contributed by atoms with E-state index < -0.39 is 0 Å². The number of rotatable bonds is 3. The summed E-state index contributed by atoms with van der Waals surface area (Å²) in [4.78, 5) is 0. The predicted molar refractivity (Wildman–Crippen MR) is 97.2 cm³/mol. The minimum atomic E-state index is -0.335. The summed E-state index contributed by atoms with van der Waals surface area (Å²) in [5, 5.41) is 9.91. The molecule has 0 amide bonds. The van der Waals surface area contributed by atoms with Crippen molar-refractivity contribution < 1.29 is 14.7 Å². The van der Waals surface area contributed by atoms with Crippen LogP contribution in [-0.2, 0) is 16.6 Å². The molecule has 1 unspecified atom stereocenters. The Balaban J connectivity index is 1.95. The van der Waals surface area contributed by atoms with E-state index >= 15 is 0 Å². The Bertz CT molecular complexity index is 684. The van der Waals surface area contributed by atoms with Crippen molar-refractivity contribution in [1.82, 2.24) is 5.48 Å². The summed E-state index contributed by atoms with van der Waals surface area (Å²) >= 11 is 0. The lowest BCUT2D eigenvalue weighted by Crippen LogP contribution is -2.56. The Morgan fingerprint density at radius 3 is 2.68 bits per heavy atom. The number of hydroxylamine groups is 1. The Kier molecular flexibility index (Phi) is 3.95. The van der Waals surface area contributed by atoms with Gasteiger partial charge in [0.15, 0.2) is 0 Å². The SMILES string of the molecule is COc1cc2c(cc1C(C)C)C[C@H]1OC(NO)[C@@]23CCCC(C)(C)[C@H]13. The van der Waals surface area contributed by atoms with Crippen LogP contribution in [0.5, 0.6) is 5.75 Å². The molecular formula is C21H31NO3. The molecule has 138 valence electrons. The van der Waals surface area contributed by atoms with Gasteiger partial charge in [0.25, 0.3) is 0 Å². The summed E-state index contributed by atoms with van der Waals surface area (Å²) in [5.41, 5.74) is 6.52. The van der Waals surface area contributed by atoms with Crippen LogP contribution in [0.25, 0.3) is 0 Å². The minimum Gasteiger partial charge on any atom is -0.496 e. The lowest BCUT2D eigenvalue weighted by molar-refractivity contribution is -0.0651. The summed E-state index contributed by atoms with van der Waals surface area (Å²) in [6.45, 7) is 9.15. The first-order valence-electron chi connectivity index (χ1n) is 9.61. The van der Waals surface area contributed by atoms with Gasteiger partial charge in [-0.2, -0.15) is 5.48 Å². The predicted octanol–water partition coefficient (Wildman–Crippen LogP) is 4.14. The van der Waals surface area contributed by atoms with Crippen molar-refractivity contribution in [3.05, 3.63) is 28.8 Å². The third kappa shape index (κ3) is 2.23. The van der Waals surface area contributed by atoms with E-state index in [1.807, 2.05) is 0 Å². The molecule has 4 atom stereocenters. The van der Waals surface area contributed by atoms with Crippen molar-refractivity contribution in [3.63, 3.8) is 0 Å². The van der Waals surface area contributed by atoms with Crippen LogP contribution < -0.4 is 10.2 Å². The Labute approximate surface area is 150 Å². The maximum atomic E-state index is 9.91. The van der Waals surface area contributed by atoms with Gasteiger partial charge in [0.05, 0.1) is 13.2 Å². The molecule has 25 heavy (non-hydrogen) atoms. The van der Waals surface area contributed by atoms with Gasteiger partial charge in [0.1, 0.15) is 12.0 Å². The highest BCUT2D eigenvalue weighted by Crippen LogP contribution is 2.63. The fraction of sp³-hybridized carbons (Fsp3) is 0.714. The summed E-state index contributed by atoms with van der Waals surface area (Å²) in [5.74, 6) is 1.80. The van der Waals surface area contributed by atoms with E-state index in [1.165, 1.54) is 23.1 Å². The van der Waals surface area contributed by atoms with E-state index in [1.54, 1.807) is 7.11 Å². The summed E-state index contributed by atoms with van der Waals surface area (Å²) in [6, 6.07) is 4.57. The highest BCUT2D eigenvalue weighted by molar-refractivity contribution is 5.51. The van der Waals surface area contributed by atoms with Crippen molar-refractivity contribution >= 4 is 0 Å². The molecule has 0 aromatic heterocycles. The molecule has 1 aromatic carbocycles. The van der Waals surface area contributed by atoms with Crippen LogP contribution in [0.3, 0.4) is 0 Å². The molecule has 0 spiro atoms. The zero-order chi connectivity index (χ0) is 18.0. The highest BCUT2D eigenvalue weighted by Gasteiger charge is 2.65. The minimum absolute atomic E-state index is 0.167. The van der Waals surface area contributed by atoms with Crippen LogP contribution in [0.4, 0.5) is 0 Å². The first kappa shape index (κ1) is 17.3. The van der Waals surface area contributed by atoms with Crippen molar-refractivity contribution in [2.75, 3.05) is 7.11 Å². The van der Waals surface area contributed by atoms with Crippen LogP contribution in [0.1, 0.15) is 69.6 Å². The normalized spacial score (nSPS) is 35.4. The number of hydrogen-bond acceptors (Lipinski definition) is 4. The average Bonchev–Trinajstić information content (AvgIpc) is 2.83. The quantitative estimate of drug-likeness (QED) is 0.808. The molecule has 1 aromatic rings. The monoisotopic (exact) mass is 345 g/mol. The van der Waals surface area contributed by atoms with E-state index in [0.717, 1.165) is 25.0 Å². The van der Waals surface area contributed by atoms with Crippen LogP contribution >= 0.6 is 0 Å². The van der Waals surface area contributed by atoms with Crippen molar-refractivity contribution in [2.45, 2.75) is 77.0 Å². The fourth-order valence-corrected chi connectivity index (χ4v) is 6.19. The smallest absolute Gasteiger partial charge is 0.140 e. The van der Waals surface area contributed by atoms with E-state index in [-0.39, 0.29) is 23.2 Å². The molecule has 1 aliphatic heterocycles. The molecule has 1 saturated carbocycles. The largest absolute Gasteiger partial charge is 0.496 e. The number of methoxy groups -OCH3 is 1. The molecule has 1 saturated heterocycles. The number of ether oxygens (including phenoxy) is 2. The van der Waals surface area contributed by atoms with E-state index in [2.05, 4.69) is 45.3 Å². The van der Waals surface area contributed by atoms with Crippen molar-refractivity contribution in [2.24, 2.45) is 11.3 Å². The fourth-order valence-electron chi connectivity index (χ4n) is 6.19. The highest BCUT2D eigenvalue weighted by atomic mass is 16.6. The van der Waals surface area contributed by atoms with Crippen LogP contribution in [-0.4, -0.2) is 24.6 Å². The second-order valence-electron chi connectivity index (χ2n) is 9.15. The van der Waals surface area contributed by atoms with Gasteiger partial charge < -0.3 is 14.7 Å². The molecular weight excluding hydrogens is 314 g/mol. The summed E-state index contributed by atoms with van der Waals surface area (Å²) in [7, 11) is 1.76. The van der Waals surface area contributed by atoms with Gasteiger partial charge >= 0.3 is 0 Å². The van der Waals surface area contributed by atoms with Gasteiger partial charge in [-0.25, -0.2) is 0 Å². The topological polar surface area (TPSA) is 50.7 Å². The second kappa shape index (κ2) is 5.70. The van der Waals surface area contributed by atoms with Gasteiger partial charge in [-0.05, 0) is 53.4 Å². The van der Waals surface area contributed by atoms with Gasteiger partial charge in [0, 0.05) is 11.3 Å². The molecule has 4 heteroatoms. The molecule has 1 heterocycles. The number of nitrogens with one attached hydrogen (secondary N) is 1. The van der Waals surface area contributed by atoms with Crippen LogP contribution in [0.15, 0.2) is 12.1 Å². The number of fused-ring (bicyclic) bond motifs is 1. The standard InChI is InChI=1S/C21H31NO3/c1-12(2)14-9-13-10-17-18-20(3,4)7-6-8-21(18,19(22-23)25-17)15(13)11-16(14)24-5/h9,11-12,17-19,22-23H,6-8,10H2,1-5H3/t17-,18+,19?,21+/m1/s1. The molecule has 4 rings (SSSR count). The zero-order valence-corrected chi connectivity index (χ0v) is 16.1. The maximum Gasteiger partial charge on any atom is 0.140 e. The van der Waals surface area contributed by atoms with Gasteiger partial charge in [-0.3, -0.25) is 0 Å². The third-order valence-corrected chi connectivity index (χ3v) is 7.08. The van der Waals surface area contributed by atoms with E-state index in [4.69, 9.17) is 9.47 Å². The van der Waals surface area contributed by atoms with Crippen LogP contribution in [0.2, 0.25) is 0 Å². The Morgan fingerprint density at radius 2 is 2.04 bits per heavy atom. The molecule has 4 nitrogen and oxygen atoms in total. The van der Waals surface area contributed by atoms with E-state index in [0.29, 0.717) is 11.8 Å². The summed E-state index contributed by atoms with van der Waals surface area (Å²) in [6.07, 6.45) is 4.18. The lowest BCUT2D eigenvalue weighted by Gasteiger charge is -2.53. The molecule has 2 bridgehead atoms. The first-order valence-corrected chi connectivity index (χ1v) is 9.61.